The van der Waals surface area contributed by atoms with E-state index in [0.29, 0.717) is 0 Å². The summed E-state index contributed by atoms with van der Waals surface area (Å²) >= 11 is 0. The van der Waals surface area contributed by atoms with Crippen LogP contribution in [0.5, 0.6) is 0 Å². The van der Waals surface area contributed by atoms with E-state index in [1.165, 1.54) is 27.8 Å². The van der Waals surface area contributed by atoms with Gasteiger partial charge in [-0.25, -0.2) is 0 Å². The number of pyridine rings is 1. The molecule has 1 aliphatic carbocycles. The van der Waals surface area contributed by atoms with Crippen LogP contribution >= 0.6 is 0 Å². The molecule has 2 aromatic rings. The van der Waals surface area contributed by atoms with E-state index in [1.807, 2.05) is 6.20 Å². The molecule has 0 amide bonds. The van der Waals surface area contributed by atoms with Crippen molar-refractivity contribution < 1.29 is 0 Å². The van der Waals surface area contributed by atoms with E-state index in [1.54, 1.807) is 5.57 Å². The maximum Gasteiger partial charge on any atom is 0.0349 e. The van der Waals surface area contributed by atoms with E-state index in [0.717, 1.165) is 38.8 Å². The Hall–Kier alpha value is -1.93. The predicted molar refractivity (Wildman–Crippen MR) is 86.2 cm³/mol. The summed E-state index contributed by atoms with van der Waals surface area (Å²) in [6.07, 6.45) is 8.55. The summed E-state index contributed by atoms with van der Waals surface area (Å²) in [4.78, 5) is 4.41. The second-order valence-electron chi connectivity index (χ2n) is 5.92. The standard InChI is InChI=1S/C19H20N2/c1-2-4-17-14(3-1)5-6-15-7-12-21-13-18(15)19(17)16-8-10-20-11-9-16/h1-4,7,12-13,20H,5-6,8-11H2. The average molecular weight is 276 g/mol. The maximum atomic E-state index is 4.41. The summed E-state index contributed by atoms with van der Waals surface area (Å²) < 4.78 is 0. The van der Waals surface area contributed by atoms with E-state index in [-0.39, 0.29) is 0 Å². The van der Waals surface area contributed by atoms with Crippen LogP contribution in [0.15, 0.2) is 48.3 Å². The molecule has 0 spiro atoms. The topological polar surface area (TPSA) is 24.9 Å². The highest BCUT2D eigenvalue weighted by Gasteiger charge is 2.21. The van der Waals surface area contributed by atoms with Gasteiger partial charge in [-0.1, -0.05) is 29.8 Å². The number of fused-ring (bicyclic) bond motifs is 2. The van der Waals surface area contributed by atoms with Crippen molar-refractivity contribution in [1.82, 2.24) is 10.3 Å². The number of nitrogens with one attached hydrogen (secondary N) is 1. The Kier molecular flexibility index (Phi) is 3.32. The van der Waals surface area contributed by atoms with E-state index < -0.39 is 0 Å². The van der Waals surface area contributed by atoms with Crippen molar-refractivity contribution in [1.29, 1.82) is 0 Å². The van der Waals surface area contributed by atoms with Gasteiger partial charge in [0.25, 0.3) is 0 Å². The molecule has 2 nitrogen and oxygen atoms in total. The second kappa shape index (κ2) is 5.45. The van der Waals surface area contributed by atoms with Crippen molar-refractivity contribution in [3.8, 4) is 0 Å². The molecule has 0 atom stereocenters. The van der Waals surface area contributed by atoms with Gasteiger partial charge >= 0.3 is 0 Å². The summed E-state index contributed by atoms with van der Waals surface area (Å²) in [6.45, 7) is 2.19. The molecular weight excluding hydrogens is 256 g/mol. The van der Waals surface area contributed by atoms with Crippen molar-refractivity contribution in [3.05, 3.63) is 70.6 Å². The number of aryl methyl sites for hydroxylation is 2. The first kappa shape index (κ1) is 12.8. The van der Waals surface area contributed by atoms with Crippen molar-refractivity contribution in [2.75, 3.05) is 13.1 Å². The largest absolute Gasteiger partial charge is 0.316 e. The van der Waals surface area contributed by atoms with Crippen LogP contribution < -0.4 is 5.32 Å². The highest BCUT2D eigenvalue weighted by molar-refractivity contribution is 5.85. The van der Waals surface area contributed by atoms with Crippen LogP contribution in [0.4, 0.5) is 0 Å². The lowest BCUT2D eigenvalue weighted by Gasteiger charge is -2.22. The normalized spacial score (nSPS) is 17.9. The minimum absolute atomic E-state index is 1.09. The van der Waals surface area contributed by atoms with E-state index in [4.69, 9.17) is 0 Å². The Morgan fingerprint density at radius 2 is 1.57 bits per heavy atom. The van der Waals surface area contributed by atoms with Gasteiger partial charge in [0.2, 0.25) is 0 Å². The van der Waals surface area contributed by atoms with Gasteiger partial charge in [0.15, 0.2) is 0 Å². The van der Waals surface area contributed by atoms with Crippen molar-refractivity contribution >= 4 is 5.57 Å². The Morgan fingerprint density at radius 3 is 2.43 bits per heavy atom. The molecular formula is C19H20N2. The first-order chi connectivity index (χ1) is 10.4. The van der Waals surface area contributed by atoms with Crippen LogP contribution in [-0.4, -0.2) is 18.1 Å². The SMILES string of the molecule is c1ccc2c(c1)CCc1ccncc1C2=C1CCNCC1. The number of aromatic nitrogens is 1. The Labute approximate surface area is 125 Å². The van der Waals surface area contributed by atoms with Crippen LogP contribution in [0.1, 0.15) is 35.1 Å². The molecule has 2 heterocycles. The zero-order chi connectivity index (χ0) is 14.1. The van der Waals surface area contributed by atoms with Crippen molar-refractivity contribution in [3.63, 3.8) is 0 Å². The van der Waals surface area contributed by atoms with Gasteiger partial charge in [-0.05, 0) is 67.1 Å². The molecule has 106 valence electrons. The summed E-state index contributed by atoms with van der Waals surface area (Å²) in [5.74, 6) is 0. The number of nitrogens with zero attached hydrogens (tertiary/aromatic N) is 1. The molecule has 1 aromatic carbocycles. The molecule has 0 unspecified atom stereocenters. The van der Waals surface area contributed by atoms with E-state index in [2.05, 4.69) is 46.8 Å². The summed E-state index contributed by atoms with van der Waals surface area (Å²) in [5, 5.41) is 3.47. The van der Waals surface area contributed by atoms with E-state index >= 15 is 0 Å². The lowest BCUT2D eigenvalue weighted by Crippen LogP contribution is -2.24. The molecule has 1 saturated heterocycles. The smallest absolute Gasteiger partial charge is 0.0349 e. The number of piperidine rings is 1. The Balaban J connectivity index is 1.98. The quantitative estimate of drug-likeness (QED) is 0.798. The third kappa shape index (κ3) is 2.30. The second-order valence-corrected chi connectivity index (χ2v) is 5.92. The summed E-state index contributed by atoms with van der Waals surface area (Å²) in [7, 11) is 0. The molecule has 2 aliphatic rings. The number of hydrogen-bond acceptors (Lipinski definition) is 2. The van der Waals surface area contributed by atoms with Gasteiger partial charge in [0.05, 0.1) is 0 Å². The number of hydrogen-bond donors (Lipinski definition) is 1. The monoisotopic (exact) mass is 276 g/mol. The lowest BCUT2D eigenvalue weighted by atomic mass is 9.87. The Morgan fingerprint density at radius 1 is 0.810 bits per heavy atom. The molecule has 21 heavy (non-hydrogen) atoms. The highest BCUT2D eigenvalue weighted by atomic mass is 14.9. The third-order valence-corrected chi connectivity index (χ3v) is 4.69. The maximum absolute atomic E-state index is 4.41. The number of rotatable bonds is 0. The zero-order valence-electron chi connectivity index (χ0n) is 12.2. The van der Waals surface area contributed by atoms with E-state index in [9.17, 15) is 0 Å². The minimum atomic E-state index is 1.09. The summed E-state index contributed by atoms with van der Waals surface area (Å²) in [6, 6.07) is 11.1. The minimum Gasteiger partial charge on any atom is -0.316 e. The molecule has 1 N–H and O–H groups in total. The Bertz CT molecular complexity index is 643. The van der Waals surface area contributed by atoms with Crippen LogP contribution in [0.2, 0.25) is 0 Å². The number of benzene rings is 1. The fraction of sp³-hybridized carbons (Fsp3) is 0.316. The molecule has 0 saturated carbocycles. The fourth-order valence-corrected chi connectivity index (χ4v) is 3.62. The molecule has 4 rings (SSSR count). The van der Waals surface area contributed by atoms with Crippen molar-refractivity contribution in [2.24, 2.45) is 0 Å². The van der Waals surface area contributed by atoms with Gasteiger partial charge in [-0.15, -0.1) is 0 Å². The predicted octanol–water partition coefficient (Wildman–Crippen LogP) is 3.37. The van der Waals surface area contributed by atoms with Gasteiger partial charge < -0.3 is 5.32 Å². The zero-order valence-corrected chi connectivity index (χ0v) is 12.2. The van der Waals surface area contributed by atoms with Crippen LogP contribution in [0.25, 0.3) is 5.57 Å². The van der Waals surface area contributed by atoms with Gasteiger partial charge in [-0.2, -0.15) is 0 Å². The molecule has 1 fully saturated rings. The molecule has 2 heteroatoms. The summed E-state index contributed by atoms with van der Waals surface area (Å²) in [5.41, 5.74) is 8.78. The van der Waals surface area contributed by atoms with Crippen LogP contribution in [0, 0.1) is 0 Å². The first-order valence-electron chi connectivity index (χ1n) is 7.88. The van der Waals surface area contributed by atoms with Crippen LogP contribution in [-0.2, 0) is 12.8 Å². The molecule has 1 aliphatic heterocycles. The van der Waals surface area contributed by atoms with Crippen LogP contribution in [0.3, 0.4) is 0 Å². The highest BCUT2D eigenvalue weighted by Crippen LogP contribution is 2.37. The van der Waals surface area contributed by atoms with Gasteiger partial charge in [0.1, 0.15) is 0 Å². The average Bonchev–Trinajstić information content (AvgIpc) is 2.72. The first-order valence-corrected chi connectivity index (χ1v) is 7.88. The van der Waals surface area contributed by atoms with Gasteiger partial charge in [0, 0.05) is 18.0 Å². The lowest BCUT2D eigenvalue weighted by molar-refractivity contribution is 0.611. The molecule has 1 aromatic heterocycles. The fourth-order valence-electron chi connectivity index (χ4n) is 3.62. The van der Waals surface area contributed by atoms with Crippen molar-refractivity contribution in [2.45, 2.75) is 25.7 Å². The molecule has 0 radical (unpaired) electrons. The third-order valence-electron chi connectivity index (χ3n) is 4.69. The molecule has 0 bridgehead atoms. The van der Waals surface area contributed by atoms with Gasteiger partial charge in [-0.3, -0.25) is 4.98 Å².